The summed E-state index contributed by atoms with van der Waals surface area (Å²) >= 11 is 5.80. The molecule has 102 valence electrons. The van der Waals surface area contributed by atoms with Crippen molar-refractivity contribution in [3.8, 4) is 5.75 Å². The van der Waals surface area contributed by atoms with E-state index in [4.69, 9.17) is 16.3 Å². The van der Waals surface area contributed by atoms with Gasteiger partial charge in [-0.3, -0.25) is 14.0 Å². The first kappa shape index (κ1) is 13.6. The van der Waals surface area contributed by atoms with Gasteiger partial charge in [-0.25, -0.2) is 4.98 Å². The summed E-state index contributed by atoms with van der Waals surface area (Å²) in [5.74, 6) is 0.0588. The summed E-state index contributed by atoms with van der Waals surface area (Å²) in [6, 6.07) is 1.94. The van der Waals surface area contributed by atoms with E-state index >= 15 is 0 Å². The molecule has 0 bridgehead atoms. The molecule has 0 amide bonds. The van der Waals surface area contributed by atoms with Crippen molar-refractivity contribution >= 4 is 11.6 Å². The van der Waals surface area contributed by atoms with Gasteiger partial charge in [0.1, 0.15) is 0 Å². The molecular formula is C12H15ClN4O2. The number of hydrogen-bond donors (Lipinski definition) is 0. The fourth-order valence-corrected chi connectivity index (χ4v) is 2.11. The summed E-state index contributed by atoms with van der Waals surface area (Å²) in [5.41, 5.74) is 1.55. The van der Waals surface area contributed by atoms with E-state index < -0.39 is 0 Å². The number of methoxy groups -OCH3 is 1. The van der Waals surface area contributed by atoms with Gasteiger partial charge in [-0.1, -0.05) is 11.6 Å². The quantitative estimate of drug-likeness (QED) is 0.797. The fraction of sp³-hybridized carbons (Fsp3) is 0.417. The molecule has 0 radical (unpaired) electrons. The van der Waals surface area contributed by atoms with Crippen molar-refractivity contribution < 1.29 is 4.74 Å². The van der Waals surface area contributed by atoms with Crippen LogP contribution in [0.5, 0.6) is 5.75 Å². The van der Waals surface area contributed by atoms with Crippen molar-refractivity contribution in [1.29, 1.82) is 0 Å². The van der Waals surface area contributed by atoms with E-state index in [1.165, 1.54) is 18.0 Å². The van der Waals surface area contributed by atoms with Crippen molar-refractivity contribution in [1.82, 2.24) is 19.3 Å². The zero-order valence-corrected chi connectivity index (χ0v) is 11.8. The maximum atomic E-state index is 12.1. The van der Waals surface area contributed by atoms with Gasteiger partial charge in [0.25, 0.3) is 5.56 Å². The molecule has 0 saturated heterocycles. The molecule has 0 aromatic carbocycles. The second-order valence-corrected chi connectivity index (χ2v) is 4.45. The summed E-state index contributed by atoms with van der Waals surface area (Å²) in [6.45, 7) is 5.04. The van der Waals surface area contributed by atoms with Gasteiger partial charge in [-0.15, -0.1) is 0 Å². The lowest BCUT2D eigenvalue weighted by molar-refractivity contribution is 0.400. The molecule has 19 heavy (non-hydrogen) atoms. The molecule has 0 aliphatic carbocycles. The number of aryl methyl sites for hydroxylation is 2. The van der Waals surface area contributed by atoms with Gasteiger partial charge < -0.3 is 4.74 Å². The van der Waals surface area contributed by atoms with Crippen LogP contribution < -0.4 is 10.3 Å². The second kappa shape index (κ2) is 5.44. The van der Waals surface area contributed by atoms with Gasteiger partial charge in [0.2, 0.25) is 5.75 Å². The standard InChI is InChI=1S/C12H15ClN4O2/c1-4-17-9(5-8(2)15-17)6-16-7-14-11(13)10(19-3)12(16)18/h5,7H,4,6H2,1-3H3. The lowest BCUT2D eigenvalue weighted by atomic mass is 10.3. The van der Waals surface area contributed by atoms with Crippen LogP contribution >= 0.6 is 11.6 Å². The highest BCUT2D eigenvalue weighted by molar-refractivity contribution is 6.30. The van der Waals surface area contributed by atoms with Crippen LogP contribution in [0.25, 0.3) is 0 Å². The van der Waals surface area contributed by atoms with E-state index in [0.717, 1.165) is 17.9 Å². The zero-order chi connectivity index (χ0) is 14.0. The van der Waals surface area contributed by atoms with E-state index in [1.807, 2.05) is 24.6 Å². The van der Waals surface area contributed by atoms with Crippen LogP contribution in [0.3, 0.4) is 0 Å². The summed E-state index contributed by atoms with van der Waals surface area (Å²) in [5, 5.41) is 4.41. The Kier molecular flexibility index (Phi) is 3.90. The van der Waals surface area contributed by atoms with Crippen molar-refractivity contribution in [3.63, 3.8) is 0 Å². The lowest BCUT2D eigenvalue weighted by Gasteiger charge is -2.09. The Morgan fingerprint density at radius 1 is 1.47 bits per heavy atom. The van der Waals surface area contributed by atoms with E-state index in [1.54, 1.807) is 0 Å². The molecular weight excluding hydrogens is 268 g/mol. The van der Waals surface area contributed by atoms with Crippen molar-refractivity contribution in [3.05, 3.63) is 39.3 Å². The normalized spacial score (nSPS) is 10.7. The van der Waals surface area contributed by atoms with Crippen molar-refractivity contribution in [2.75, 3.05) is 7.11 Å². The van der Waals surface area contributed by atoms with E-state index in [2.05, 4.69) is 10.1 Å². The second-order valence-electron chi connectivity index (χ2n) is 4.09. The Balaban J connectivity index is 2.41. The Bertz CT molecular complexity index is 648. The van der Waals surface area contributed by atoms with Gasteiger partial charge >= 0.3 is 0 Å². The summed E-state index contributed by atoms with van der Waals surface area (Å²) in [4.78, 5) is 16.1. The monoisotopic (exact) mass is 282 g/mol. The van der Waals surface area contributed by atoms with Crippen LogP contribution in [0.4, 0.5) is 0 Å². The van der Waals surface area contributed by atoms with Crippen molar-refractivity contribution in [2.24, 2.45) is 0 Å². The minimum Gasteiger partial charge on any atom is -0.489 e. The average molecular weight is 283 g/mol. The topological polar surface area (TPSA) is 61.9 Å². The Morgan fingerprint density at radius 3 is 2.84 bits per heavy atom. The summed E-state index contributed by atoms with van der Waals surface area (Å²) in [6.07, 6.45) is 1.41. The number of halogens is 1. The third-order valence-electron chi connectivity index (χ3n) is 2.77. The van der Waals surface area contributed by atoms with Gasteiger partial charge in [-0.05, 0) is 19.9 Å². The molecule has 2 aromatic heterocycles. The highest BCUT2D eigenvalue weighted by Gasteiger charge is 2.12. The van der Waals surface area contributed by atoms with E-state index in [-0.39, 0.29) is 16.5 Å². The Morgan fingerprint density at radius 2 is 2.21 bits per heavy atom. The molecule has 0 aliphatic rings. The predicted octanol–water partition coefficient (Wildman–Crippen LogP) is 1.48. The molecule has 2 rings (SSSR count). The molecule has 0 atom stereocenters. The first-order valence-corrected chi connectivity index (χ1v) is 6.26. The SMILES string of the molecule is CCn1nc(C)cc1Cn1cnc(Cl)c(OC)c1=O. The molecule has 0 saturated carbocycles. The molecule has 7 heteroatoms. The number of nitrogens with zero attached hydrogens (tertiary/aromatic N) is 4. The molecule has 2 heterocycles. The molecule has 0 spiro atoms. The molecule has 0 unspecified atom stereocenters. The number of hydrogen-bond acceptors (Lipinski definition) is 4. The molecule has 0 aliphatic heterocycles. The molecule has 2 aromatic rings. The maximum Gasteiger partial charge on any atom is 0.297 e. The number of rotatable bonds is 4. The van der Waals surface area contributed by atoms with Crippen LogP contribution in [0, 0.1) is 6.92 Å². The van der Waals surface area contributed by atoms with Crippen LogP contribution in [0.2, 0.25) is 5.15 Å². The predicted molar refractivity (Wildman–Crippen MR) is 71.8 cm³/mol. The maximum absolute atomic E-state index is 12.1. The smallest absolute Gasteiger partial charge is 0.297 e. The molecule has 0 fully saturated rings. The summed E-state index contributed by atoms with van der Waals surface area (Å²) < 4.78 is 8.27. The largest absolute Gasteiger partial charge is 0.489 e. The number of aromatic nitrogens is 4. The van der Waals surface area contributed by atoms with Crippen LogP contribution in [0.15, 0.2) is 17.2 Å². The first-order valence-electron chi connectivity index (χ1n) is 5.89. The average Bonchev–Trinajstić information content (AvgIpc) is 2.74. The van der Waals surface area contributed by atoms with Crippen LogP contribution in [0.1, 0.15) is 18.3 Å². The van der Waals surface area contributed by atoms with Crippen LogP contribution in [-0.4, -0.2) is 26.4 Å². The third kappa shape index (κ3) is 2.63. The van der Waals surface area contributed by atoms with Gasteiger partial charge in [-0.2, -0.15) is 5.10 Å². The Labute approximate surface area is 115 Å². The Hall–Kier alpha value is -1.82. The third-order valence-corrected chi connectivity index (χ3v) is 3.04. The molecule has 6 nitrogen and oxygen atoms in total. The molecule has 0 N–H and O–H groups in total. The minimum absolute atomic E-state index is 0.0588. The van der Waals surface area contributed by atoms with Gasteiger partial charge in [0.05, 0.1) is 31.4 Å². The van der Waals surface area contributed by atoms with E-state index in [9.17, 15) is 4.79 Å². The minimum atomic E-state index is -0.302. The lowest BCUT2D eigenvalue weighted by Crippen LogP contribution is -2.23. The van der Waals surface area contributed by atoms with Gasteiger partial charge in [0.15, 0.2) is 5.15 Å². The zero-order valence-electron chi connectivity index (χ0n) is 11.1. The fourth-order valence-electron chi connectivity index (χ4n) is 1.91. The van der Waals surface area contributed by atoms with Crippen molar-refractivity contribution in [2.45, 2.75) is 26.9 Å². The van der Waals surface area contributed by atoms with Gasteiger partial charge in [0, 0.05) is 6.54 Å². The highest BCUT2D eigenvalue weighted by Crippen LogP contribution is 2.15. The first-order chi connectivity index (χ1) is 9.06. The van der Waals surface area contributed by atoms with Crippen LogP contribution in [-0.2, 0) is 13.1 Å². The van der Waals surface area contributed by atoms with E-state index in [0.29, 0.717) is 6.54 Å². The summed E-state index contributed by atoms with van der Waals surface area (Å²) in [7, 11) is 1.40. The highest BCUT2D eigenvalue weighted by atomic mass is 35.5. The number of ether oxygens (including phenoxy) is 1.